The molecule has 6 nitrogen and oxygen atoms in total. The summed E-state index contributed by atoms with van der Waals surface area (Å²) in [5, 5.41) is 12.8. The zero-order valence-electron chi connectivity index (χ0n) is 9.93. The Balaban J connectivity index is 2.55. The van der Waals surface area contributed by atoms with E-state index in [0.717, 1.165) is 0 Å². The van der Waals surface area contributed by atoms with E-state index in [9.17, 15) is 0 Å². The number of nitriles is 1. The van der Waals surface area contributed by atoms with Crippen LogP contribution in [0.15, 0.2) is 22.7 Å². The average Bonchev–Trinajstić information content (AvgIpc) is 2.78. The van der Waals surface area contributed by atoms with Gasteiger partial charge in [-0.05, 0) is 18.2 Å². The summed E-state index contributed by atoms with van der Waals surface area (Å²) in [4.78, 5) is 0. The molecular formula is C12H11N3O3. The minimum Gasteiger partial charge on any atom is -0.493 e. The molecule has 6 heteroatoms. The number of nitrogens with zero attached hydrogens (tertiary/aromatic N) is 2. The summed E-state index contributed by atoms with van der Waals surface area (Å²) in [5.74, 6) is 1.14. The van der Waals surface area contributed by atoms with E-state index in [4.69, 9.17) is 25.0 Å². The van der Waals surface area contributed by atoms with Gasteiger partial charge in [0.25, 0.3) is 0 Å². The Bertz CT molecular complexity index is 614. The molecule has 2 N–H and O–H groups in total. The van der Waals surface area contributed by atoms with E-state index < -0.39 is 0 Å². The van der Waals surface area contributed by atoms with E-state index in [1.807, 2.05) is 6.07 Å². The highest BCUT2D eigenvalue weighted by Gasteiger charge is 2.16. The van der Waals surface area contributed by atoms with E-state index in [0.29, 0.717) is 22.8 Å². The third-order valence-corrected chi connectivity index (χ3v) is 2.49. The van der Waals surface area contributed by atoms with Crippen molar-refractivity contribution in [3.63, 3.8) is 0 Å². The number of aromatic nitrogens is 1. The molecule has 0 aliphatic carbocycles. The highest BCUT2D eigenvalue weighted by atomic mass is 16.5. The molecule has 0 aliphatic rings. The molecule has 0 spiro atoms. The second-order valence-electron chi connectivity index (χ2n) is 3.45. The lowest BCUT2D eigenvalue weighted by Crippen LogP contribution is -1.92. The van der Waals surface area contributed by atoms with Crippen LogP contribution in [0.3, 0.4) is 0 Å². The van der Waals surface area contributed by atoms with Gasteiger partial charge in [-0.1, -0.05) is 5.16 Å². The third kappa shape index (κ3) is 1.82. The highest BCUT2D eigenvalue weighted by Crippen LogP contribution is 2.34. The van der Waals surface area contributed by atoms with Gasteiger partial charge < -0.3 is 19.7 Å². The van der Waals surface area contributed by atoms with Crippen molar-refractivity contribution in [3.8, 4) is 28.8 Å². The molecule has 18 heavy (non-hydrogen) atoms. The predicted molar refractivity (Wildman–Crippen MR) is 64.2 cm³/mol. The van der Waals surface area contributed by atoms with Crippen molar-refractivity contribution in [2.45, 2.75) is 0 Å². The van der Waals surface area contributed by atoms with Gasteiger partial charge in [0.2, 0.25) is 5.88 Å². The van der Waals surface area contributed by atoms with E-state index in [2.05, 4.69) is 5.16 Å². The maximum atomic E-state index is 8.99. The van der Waals surface area contributed by atoms with Crippen LogP contribution in [0, 0.1) is 11.3 Å². The number of hydrogen-bond acceptors (Lipinski definition) is 6. The first-order valence-corrected chi connectivity index (χ1v) is 5.09. The van der Waals surface area contributed by atoms with Gasteiger partial charge >= 0.3 is 0 Å². The van der Waals surface area contributed by atoms with Gasteiger partial charge in [0.15, 0.2) is 11.5 Å². The average molecular weight is 245 g/mol. The van der Waals surface area contributed by atoms with Gasteiger partial charge in [0.1, 0.15) is 17.3 Å². The van der Waals surface area contributed by atoms with E-state index in [1.165, 1.54) is 7.11 Å². The first-order valence-electron chi connectivity index (χ1n) is 5.09. The van der Waals surface area contributed by atoms with Crippen LogP contribution in [-0.4, -0.2) is 19.4 Å². The van der Waals surface area contributed by atoms with Crippen molar-refractivity contribution in [1.29, 1.82) is 5.26 Å². The molecule has 0 bridgehead atoms. The van der Waals surface area contributed by atoms with Gasteiger partial charge in [0, 0.05) is 5.56 Å². The van der Waals surface area contributed by atoms with Crippen LogP contribution < -0.4 is 15.2 Å². The van der Waals surface area contributed by atoms with Crippen LogP contribution in [0.25, 0.3) is 11.3 Å². The van der Waals surface area contributed by atoms with Crippen molar-refractivity contribution >= 4 is 5.88 Å². The lowest BCUT2D eigenvalue weighted by molar-refractivity contribution is 0.355. The number of benzene rings is 1. The van der Waals surface area contributed by atoms with Crippen LogP contribution in [0.1, 0.15) is 5.56 Å². The Labute approximate surface area is 104 Å². The number of nitrogens with two attached hydrogens (primary N) is 1. The fourth-order valence-electron chi connectivity index (χ4n) is 1.59. The van der Waals surface area contributed by atoms with Gasteiger partial charge in [0.05, 0.1) is 14.2 Å². The molecule has 0 amide bonds. The maximum absolute atomic E-state index is 8.99. The van der Waals surface area contributed by atoms with Crippen LogP contribution in [0.5, 0.6) is 11.5 Å². The van der Waals surface area contributed by atoms with Gasteiger partial charge in [-0.25, -0.2) is 0 Å². The third-order valence-electron chi connectivity index (χ3n) is 2.49. The summed E-state index contributed by atoms with van der Waals surface area (Å²) in [7, 11) is 3.08. The van der Waals surface area contributed by atoms with Crippen molar-refractivity contribution in [2.24, 2.45) is 0 Å². The number of rotatable bonds is 3. The summed E-state index contributed by atoms with van der Waals surface area (Å²) in [6.45, 7) is 0. The minimum absolute atomic E-state index is 0.00212. The first-order chi connectivity index (χ1) is 8.71. The van der Waals surface area contributed by atoms with Crippen LogP contribution in [0.2, 0.25) is 0 Å². The molecule has 2 aromatic rings. The highest BCUT2D eigenvalue weighted by molar-refractivity contribution is 5.73. The summed E-state index contributed by atoms with van der Waals surface area (Å²) in [5.41, 5.74) is 6.77. The van der Waals surface area contributed by atoms with Crippen molar-refractivity contribution in [2.75, 3.05) is 20.0 Å². The molecular weight excluding hydrogens is 234 g/mol. The normalized spacial score (nSPS) is 9.83. The fraction of sp³-hybridized carbons (Fsp3) is 0.167. The summed E-state index contributed by atoms with van der Waals surface area (Å²) < 4.78 is 15.1. The Morgan fingerprint density at radius 2 is 2.00 bits per heavy atom. The van der Waals surface area contributed by atoms with Crippen LogP contribution >= 0.6 is 0 Å². The predicted octanol–water partition coefficient (Wildman–Crippen LogP) is 1.81. The molecule has 1 heterocycles. The number of nitrogen functional groups attached to an aromatic ring is 1. The standard InChI is InChI=1S/C12H11N3O3/c1-16-9-4-3-7(5-10(9)17-2)11-8(6-13)12(14)18-15-11/h3-5H,14H2,1-2H3. The van der Waals surface area contributed by atoms with Gasteiger partial charge in [-0.2, -0.15) is 5.26 Å². The van der Waals surface area contributed by atoms with Gasteiger partial charge in [-0.3, -0.25) is 0 Å². The van der Waals surface area contributed by atoms with Gasteiger partial charge in [-0.15, -0.1) is 0 Å². The van der Waals surface area contributed by atoms with E-state index >= 15 is 0 Å². The number of ether oxygens (including phenoxy) is 2. The van der Waals surface area contributed by atoms with Crippen LogP contribution in [-0.2, 0) is 0 Å². The zero-order chi connectivity index (χ0) is 13.1. The molecule has 0 atom stereocenters. The fourth-order valence-corrected chi connectivity index (χ4v) is 1.59. The lowest BCUT2D eigenvalue weighted by Gasteiger charge is -2.08. The minimum atomic E-state index is 0.00212. The molecule has 2 rings (SSSR count). The topological polar surface area (TPSA) is 94.3 Å². The van der Waals surface area contributed by atoms with Crippen molar-refractivity contribution < 1.29 is 14.0 Å². The quantitative estimate of drug-likeness (QED) is 0.886. The zero-order valence-corrected chi connectivity index (χ0v) is 9.93. The summed E-state index contributed by atoms with van der Waals surface area (Å²) in [6.07, 6.45) is 0. The summed E-state index contributed by atoms with van der Waals surface area (Å²) in [6, 6.07) is 7.13. The molecule has 0 saturated carbocycles. The van der Waals surface area contributed by atoms with Crippen molar-refractivity contribution in [3.05, 3.63) is 23.8 Å². The maximum Gasteiger partial charge on any atom is 0.240 e. The van der Waals surface area contributed by atoms with E-state index in [1.54, 1.807) is 25.3 Å². The van der Waals surface area contributed by atoms with Crippen LogP contribution in [0.4, 0.5) is 5.88 Å². The molecule has 1 aromatic carbocycles. The first kappa shape index (κ1) is 11.8. The summed E-state index contributed by atoms with van der Waals surface area (Å²) >= 11 is 0. The Morgan fingerprint density at radius 1 is 1.28 bits per heavy atom. The largest absolute Gasteiger partial charge is 0.493 e. The molecule has 1 aromatic heterocycles. The smallest absolute Gasteiger partial charge is 0.240 e. The number of hydrogen-bond donors (Lipinski definition) is 1. The Hall–Kier alpha value is -2.68. The molecule has 0 aliphatic heterocycles. The molecule has 0 fully saturated rings. The molecule has 0 radical (unpaired) electrons. The van der Waals surface area contributed by atoms with Crippen molar-refractivity contribution in [1.82, 2.24) is 5.16 Å². The molecule has 0 unspecified atom stereocenters. The SMILES string of the molecule is COc1ccc(-c2noc(N)c2C#N)cc1OC. The molecule has 92 valence electrons. The van der Waals surface area contributed by atoms with E-state index in [-0.39, 0.29) is 11.4 Å². The Morgan fingerprint density at radius 3 is 2.61 bits per heavy atom. The molecule has 0 saturated heterocycles. The second-order valence-corrected chi connectivity index (χ2v) is 3.45. The number of methoxy groups -OCH3 is 2. The lowest BCUT2D eigenvalue weighted by atomic mass is 10.1. The number of anilines is 1. The Kier molecular flexibility index (Phi) is 3.06. The monoisotopic (exact) mass is 245 g/mol. The second kappa shape index (κ2) is 4.67.